The third-order valence-corrected chi connectivity index (χ3v) is 7.73. The van der Waals surface area contributed by atoms with Gasteiger partial charge in [-0.2, -0.15) is 0 Å². The Labute approximate surface area is 185 Å². The molecule has 4 bridgehead atoms. The molecule has 0 radical (unpaired) electrons. The van der Waals surface area contributed by atoms with Crippen LogP contribution in [-0.4, -0.2) is 11.1 Å². The van der Waals surface area contributed by atoms with Crippen LogP contribution in [0.1, 0.15) is 79.4 Å². The van der Waals surface area contributed by atoms with Gasteiger partial charge >= 0.3 is 5.97 Å². The van der Waals surface area contributed by atoms with Crippen molar-refractivity contribution in [3.8, 4) is 23.7 Å². The second kappa shape index (κ2) is 7.03. The maximum Gasteiger partial charge on any atom is 0.335 e. The molecular formula is C29H28O2. The number of carboxylic acid groups (broad SMARTS) is 1. The predicted molar refractivity (Wildman–Crippen MR) is 123 cm³/mol. The molecule has 4 aliphatic rings. The highest BCUT2D eigenvalue weighted by Crippen LogP contribution is 2.69. The van der Waals surface area contributed by atoms with Crippen LogP contribution in [-0.2, 0) is 5.41 Å². The number of hydrogen-bond donors (Lipinski definition) is 1. The fourth-order valence-corrected chi connectivity index (χ4v) is 7.58. The molecule has 1 N–H and O–H groups in total. The molecule has 0 heterocycles. The van der Waals surface area contributed by atoms with Crippen molar-refractivity contribution in [2.24, 2.45) is 16.7 Å². The fraction of sp³-hybridized carbons (Fsp3) is 0.414. The number of hydrogen-bond acceptors (Lipinski definition) is 1. The van der Waals surface area contributed by atoms with E-state index in [0.29, 0.717) is 16.2 Å². The van der Waals surface area contributed by atoms with Gasteiger partial charge < -0.3 is 5.11 Å². The van der Waals surface area contributed by atoms with Crippen molar-refractivity contribution in [1.82, 2.24) is 0 Å². The normalized spacial score (nSPS) is 32.5. The lowest BCUT2D eigenvalue weighted by Gasteiger charge is -2.65. The molecule has 31 heavy (non-hydrogen) atoms. The molecule has 0 aliphatic heterocycles. The van der Waals surface area contributed by atoms with Gasteiger partial charge in [0, 0.05) is 11.1 Å². The quantitative estimate of drug-likeness (QED) is 0.616. The highest BCUT2D eigenvalue weighted by Gasteiger charge is 2.60. The van der Waals surface area contributed by atoms with Crippen molar-refractivity contribution >= 4 is 5.97 Å². The molecule has 0 saturated heterocycles. The zero-order chi connectivity index (χ0) is 21.7. The summed E-state index contributed by atoms with van der Waals surface area (Å²) in [4.78, 5) is 10.9. The highest BCUT2D eigenvalue weighted by molar-refractivity contribution is 5.87. The van der Waals surface area contributed by atoms with E-state index in [0.717, 1.165) is 17.0 Å². The lowest BCUT2D eigenvalue weighted by atomic mass is 9.39. The first-order valence-corrected chi connectivity index (χ1v) is 11.2. The maximum atomic E-state index is 10.9. The van der Waals surface area contributed by atoms with Gasteiger partial charge in [-0.25, -0.2) is 4.79 Å². The summed E-state index contributed by atoms with van der Waals surface area (Å²) < 4.78 is 0. The van der Waals surface area contributed by atoms with Gasteiger partial charge in [-0.3, -0.25) is 0 Å². The summed E-state index contributed by atoms with van der Waals surface area (Å²) in [5, 5.41) is 8.95. The Morgan fingerprint density at radius 2 is 1.32 bits per heavy atom. The second-order valence-corrected chi connectivity index (χ2v) is 10.9. The Hall–Kier alpha value is -2.97. The first kappa shape index (κ1) is 20.0. The van der Waals surface area contributed by atoms with Crippen molar-refractivity contribution in [2.45, 2.75) is 57.8 Å². The van der Waals surface area contributed by atoms with Crippen LogP contribution in [0.15, 0.2) is 48.5 Å². The van der Waals surface area contributed by atoms with E-state index in [1.54, 1.807) is 24.3 Å². The molecule has 2 nitrogen and oxygen atoms in total. The SMILES string of the molecule is CC12CC3CC(C)(C1)CC(c1ccc(C#CC#Cc4ccc(C(=O)O)cc4)cc1)(C3)C2. The zero-order valence-electron chi connectivity index (χ0n) is 18.3. The summed E-state index contributed by atoms with van der Waals surface area (Å²) >= 11 is 0. The molecule has 156 valence electrons. The topological polar surface area (TPSA) is 37.3 Å². The van der Waals surface area contributed by atoms with Gasteiger partial charge in [0.1, 0.15) is 0 Å². The fourth-order valence-electron chi connectivity index (χ4n) is 7.58. The van der Waals surface area contributed by atoms with Gasteiger partial charge in [0.25, 0.3) is 0 Å². The minimum Gasteiger partial charge on any atom is -0.478 e. The van der Waals surface area contributed by atoms with Gasteiger partial charge in [-0.1, -0.05) is 37.8 Å². The molecule has 0 amide bonds. The Morgan fingerprint density at radius 1 is 0.806 bits per heavy atom. The number of carboxylic acids is 1. The molecular weight excluding hydrogens is 380 g/mol. The highest BCUT2D eigenvalue weighted by atomic mass is 16.4. The van der Waals surface area contributed by atoms with E-state index in [1.807, 2.05) is 0 Å². The monoisotopic (exact) mass is 408 g/mol. The summed E-state index contributed by atoms with van der Waals surface area (Å²) in [6, 6.07) is 15.4. The minimum absolute atomic E-state index is 0.263. The van der Waals surface area contributed by atoms with E-state index in [-0.39, 0.29) is 5.56 Å². The predicted octanol–water partition coefficient (Wildman–Crippen LogP) is 6.04. The molecule has 2 aromatic rings. The standard InChI is InChI=1S/C29H28O2/c1-27-15-23-16-28(2,18-27)20-29(17-23,19-27)25-13-9-22(10-14-25)6-4-3-5-21-7-11-24(12-8-21)26(30)31/h7-14,23H,15-20H2,1-2H3,(H,30,31). The van der Waals surface area contributed by atoms with Crippen molar-refractivity contribution in [3.63, 3.8) is 0 Å². The van der Waals surface area contributed by atoms with Gasteiger partial charge in [0.05, 0.1) is 5.56 Å². The van der Waals surface area contributed by atoms with Crippen molar-refractivity contribution < 1.29 is 9.90 Å². The number of rotatable bonds is 2. The van der Waals surface area contributed by atoms with Crippen LogP contribution in [0.5, 0.6) is 0 Å². The third-order valence-electron chi connectivity index (χ3n) is 7.73. The van der Waals surface area contributed by atoms with Crippen LogP contribution in [0.2, 0.25) is 0 Å². The average molecular weight is 409 g/mol. The van der Waals surface area contributed by atoms with Crippen LogP contribution >= 0.6 is 0 Å². The molecule has 2 atom stereocenters. The first-order chi connectivity index (χ1) is 14.8. The zero-order valence-corrected chi connectivity index (χ0v) is 18.3. The van der Waals surface area contributed by atoms with Gasteiger partial charge in [-0.05, 0) is 114 Å². The second-order valence-electron chi connectivity index (χ2n) is 10.9. The van der Waals surface area contributed by atoms with Crippen molar-refractivity contribution in [2.75, 3.05) is 0 Å². The smallest absolute Gasteiger partial charge is 0.335 e. The first-order valence-electron chi connectivity index (χ1n) is 11.2. The lowest BCUT2D eigenvalue weighted by Crippen LogP contribution is -2.56. The molecule has 2 aromatic carbocycles. The van der Waals surface area contributed by atoms with Crippen LogP contribution < -0.4 is 0 Å². The molecule has 2 unspecified atom stereocenters. The largest absolute Gasteiger partial charge is 0.478 e. The number of benzene rings is 2. The molecule has 4 fully saturated rings. The van der Waals surface area contributed by atoms with Crippen molar-refractivity contribution in [3.05, 3.63) is 70.8 Å². The lowest BCUT2D eigenvalue weighted by molar-refractivity contribution is -0.110. The van der Waals surface area contributed by atoms with E-state index >= 15 is 0 Å². The minimum atomic E-state index is -0.931. The average Bonchev–Trinajstić information content (AvgIpc) is 2.69. The molecule has 2 heteroatoms. The molecule has 6 rings (SSSR count). The van der Waals surface area contributed by atoms with Crippen molar-refractivity contribution in [1.29, 1.82) is 0 Å². The summed E-state index contributed by atoms with van der Waals surface area (Å²) in [5.41, 5.74) is 4.91. The number of aromatic carboxylic acids is 1. The summed E-state index contributed by atoms with van der Waals surface area (Å²) in [6.45, 7) is 5.05. The maximum absolute atomic E-state index is 10.9. The van der Waals surface area contributed by atoms with Gasteiger partial charge in [-0.15, -0.1) is 0 Å². The third kappa shape index (κ3) is 3.77. The Morgan fingerprint density at radius 3 is 1.81 bits per heavy atom. The van der Waals surface area contributed by atoms with Crippen LogP contribution in [0.3, 0.4) is 0 Å². The van der Waals surface area contributed by atoms with Crippen LogP contribution in [0.4, 0.5) is 0 Å². The molecule has 0 spiro atoms. The molecule has 4 aliphatic carbocycles. The van der Waals surface area contributed by atoms with Gasteiger partial charge in [0.2, 0.25) is 0 Å². The van der Waals surface area contributed by atoms with Crippen LogP contribution in [0.25, 0.3) is 0 Å². The molecule has 0 aromatic heterocycles. The van der Waals surface area contributed by atoms with E-state index in [9.17, 15) is 4.79 Å². The van der Waals surface area contributed by atoms with Crippen LogP contribution in [0, 0.1) is 40.4 Å². The van der Waals surface area contributed by atoms with E-state index in [4.69, 9.17) is 5.11 Å². The van der Waals surface area contributed by atoms with E-state index < -0.39 is 5.97 Å². The number of carbonyl (C=O) groups is 1. The molecule has 4 saturated carbocycles. The Kier molecular flexibility index (Phi) is 4.53. The summed E-state index contributed by atoms with van der Waals surface area (Å²) in [6.07, 6.45) is 8.28. The Bertz CT molecular complexity index is 1130. The van der Waals surface area contributed by atoms with Gasteiger partial charge in [0.15, 0.2) is 0 Å². The Balaban J connectivity index is 1.32. The summed E-state index contributed by atoms with van der Waals surface area (Å²) in [5.74, 6) is 11.9. The van der Waals surface area contributed by atoms with E-state index in [1.165, 1.54) is 44.1 Å². The summed E-state index contributed by atoms with van der Waals surface area (Å²) in [7, 11) is 0. The van der Waals surface area contributed by atoms with E-state index in [2.05, 4.69) is 61.8 Å².